The minimum Gasteiger partial charge on any atom is -0.353 e. The number of benzene rings is 2. The van der Waals surface area contributed by atoms with Crippen molar-refractivity contribution in [3.05, 3.63) is 65.9 Å². The van der Waals surface area contributed by atoms with E-state index in [1.807, 2.05) is 24.3 Å². The summed E-state index contributed by atoms with van der Waals surface area (Å²) in [5.41, 5.74) is 1.95. The van der Waals surface area contributed by atoms with Gasteiger partial charge in [0, 0.05) is 45.7 Å². The normalized spacial score (nSPS) is 20.0. The molecule has 0 saturated carbocycles. The smallest absolute Gasteiger partial charge is 0.282 e. The summed E-state index contributed by atoms with van der Waals surface area (Å²) in [6.45, 7) is 1.66. The minimum absolute atomic E-state index is 0.0643. The van der Waals surface area contributed by atoms with Gasteiger partial charge in [-0.15, -0.1) is 0 Å². The molecule has 2 aliphatic heterocycles. The molecule has 0 bridgehead atoms. The van der Waals surface area contributed by atoms with Crippen molar-refractivity contribution in [3.8, 4) is 0 Å². The summed E-state index contributed by atoms with van der Waals surface area (Å²) < 4.78 is 52.4. The van der Waals surface area contributed by atoms with E-state index in [0.29, 0.717) is 43.7 Å². The molecule has 3 aromatic rings. The molecule has 210 valence electrons. The molecule has 2 fully saturated rings. The Hall–Kier alpha value is -2.76. The molecule has 0 radical (unpaired) electrons. The van der Waals surface area contributed by atoms with Gasteiger partial charge in [-0.3, -0.25) is 4.79 Å². The maximum Gasteiger partial charge on any atom is 0.282 e. The quantitative estimate of drug-likeness (QED) is 0.347. The van der Waals surface area contributed by atoms with Crippen molar-refractivity contribution in [2.24, 2.45) is 0 Å². The van der Waals surface area contributed by atoms with Gasteiger partial charge < -0.3 is 23.8 Å². The SMILES string of the molecule is COC1(OC)CCCN(CCc2c(COC3CCCCO3)n(S(=O)(=O)c3ccccc3)c3ccccc23)C1=O. The van der Waals surface area contributed by atoms with Crippen molar-refractivity contribution >= 4 is 26.8 Å². The van der Waals surface area contributed by atoms with Crippen LogP contribution in [0.15, 0.2) is 59.5 Å². The van der Waals surface area contributed by atoms with E-state index in [0.717, 1.165) is 36.6 Å². The topological polar surface area (TPSA) is 96.3 Å². The van der Waals surface area contributed by atoms with E-state index in [2.05, 4.69) is 0 Å². The average Bonchev–Trinajstić information content (AvgIpc) is 3.30. The van der Waals surface area contributed by atoms with Gasteiger partial charge in [0.15, 0.2) is 6.29 Å². The molecule has 10 heteroatoms. The summed E-state index contributed by atoms with van der Waals surface area (Å²) in [7, 11) is -0.970. The lowest BCUT2D eigenvalue weighted by Gasteiger charge is -2.39. The number of nitrogens with zero attached hydrogens (tertiary/aromatic N) is 2. The van der Waals surface area contributed by atoms with Crippen molar-refractivity contribution in [1.29, 1.82) is 0 Å². The molecule has 0 aliphatic carbocycles. The first kappa shape index (κ1) is 27.8. The Morgan fingerprint density at radius 2 is 1.74 bits per heavy atom. The summed E-state index contributed by atoms with van der Waals surface area (Å²) >= 11 is 0. The fourth-order valence-corrected chi connectivity index (χ4v) is 7.20. The average molecular weight is 557 g/mol. The number of methoxy groups -OCH3 is 2. The monoisotopic (exact) mass is 556 g/mol. The van der Waals surface area contributed by atoms with Crippen LogP contribution in [0.4, 0.5) is 0 Å². The number of aromatic nitrogens is 1. The second kappa shape index (κ2) is 11.8. The number of para-hydroxylation sites is 1. The molecular formula is C29H36N2O7S. The van der Waals surface area contributed by atoms with Gasteiger partial charge in [0.25, 0.3) is 15.9 Å². The van der Waals surface area contributed by atoms with Crippen LogP contribution in [0.2, 0.25) is 0 Å². The van der Waals surface area contributed by atoms with Crippen LogP contribution in [-0.2, 0) is 46.8 Å². The molecule has 1 atom stereocenters. The molecule has 2 aromatic carbocycles. The van der Waals surface area contributed by atoms with Gasteiger partial charge in [0.2, 0.25) is 5.79 Å². The van der Waals surface area contributed by atoms with Crippen molar-refractivity contribution < 1.29 is 32.2 Å². The molecule has 1 unspecified atom stereocenters. The van der Waals surface area contributed by atoms with Gasteiger partial charge in [-0.25, -0.2) is 12.4 Å². The van der Waals surface area contributed by atoms with Crippen LogP contribution in [0.1, 0.15) is 43.4 Å². The van der Waals surface area contributed by atoms with Crippen LogP contribution in [-0.4, -0.2) is 69.2 Å². The van der Waals surface area contributed by atoms with Crippen LogP contribution in [0.25, 0.3) is 10.9 Å². The second-order valence-electron chi connectivity index (χ2n) is 9.94. The number of carbonyl (C=O) groups excluding carboxylic acids is 1. The number of fused-ring (bicyclic) bond motifs is 1. The van der Waals surface area contributed by atoms with Gasteiger partial charge in [-0.05, 0) is 55.9 Å². The Morgan fingerprint density at radius 3 is 2.46 bits per heavy atom. The van der Waals surface area contributed by atoms with Gasteiger partial charge >= 0.3 is 0 Å². The Kier molecular flexibility index (Phi) is 8.39. The van der Waals surface area contributed by atoms with Gasteiger partial charge in [-0.2, -0.15) is 0 Å². The van der Waals surface area contributed by atoms with Gasteiger partial charge in [-0.1, -0.05) is 36.4 Å². The molecule has 2 aliphatic rings. The Labute approximate surface area is 229 Å². The van der Waals surface area contributed by atoms with E-state index < -0.39 is 15.8 Å². The van der Waals surface area contributed by atoms with E-state index in [-0.39, 0.29) is 23.7 Å². The highest BCUT2D eigenvalue weighted by atomic mass is 32.2. The number of piperidine rings is 1. The Morgan fingerprint density at radius 1 is 1.00 bits per heavy atom. The zero-order valence-corrected chi connectivity index (χ0v) is 23.3. The summed E-state index contributed by atoms with van der Waals surface area (Å²) in [6, 6.07) is 15.9. The molecule has 2 saturated heterocycles. The molecule has 0 N–H and O–H groups in total. The second-order valence-corrected chi connectivity index (χ2v) is 11.7. The van der Waals surface area contributed by atoms with Crippen LogP contribution in [0, 0.1) is 0 Å². The third-order valence-corrected chi connectivity index (χ3v) is 9.47. The molecule has 39 heavy (non-hydrogen) atoms. The molecule has 5 rings (SSSR count). The highest BCUT2D eigenvalue weighted by Crippen LogP contribution is 2.33. The summed E-state index contributed by atoms with van der Waals surface area (Å²) in [5, 5.41) is 0.814. The number of hydrogen-bond donors (Lipinski definition) is 0. The zero-order chi connectivity index (χ0) is 27.5. The Balaban J connectivity index is 1.55. The molecule has 0 spiro atoms. The summed E-state index contributed by atoms with van der Waals surface area (Å²) in [4.78, 5) is 15.2. The predicted molar refractivity (Wildman–Crippen MR) is 146 cm³/mol. The fraction of sp³-hybridized carbons (Fsp3) is 0.483. The lowest BCUT2D eigenvalue weighted by atomic mass is 10.0. The summed E-state index contributed by atoms with van der Waals surface area (Å²) in [6.07, 6.45) is 4.04. The predicted octanol–water partition coefficient (Wildman–Crippen LogP) is 4.08. The standard InChI is InChI=1S/C29H36N2O7S/c1-35-29(36-2)17-10-18-30(28(29)32)19-16-24-23-13-6-7-14-25(23)31(39(33,34)22-11-4-3-5-12-22)26(24)21-38-27-15-8-9-20-37-27/h3-7,11-14,27H,8-10,15-21H2,1-2H3. The van der Waals surface area contributed by atoms with Crippen LogP contribution in [0.3, 0.4) is 0 Å². The maximum absolute atomic E-state index is 14.0. The van der Waals surface area contributed by atoms with Crippen molar-refractivity contribution in [2.75, 3.05) is 33.9 Å². The van der Waals surface area contributed by atoms with Crippen LogP contribution in [0.5, 0.6) is 0 Å². The van der Waals surface area contributed by atoms with Crippen molar-refractivity contribution in [3.63, 3.8) is 0 Å². The van der Waals surface area contributed by atoms with E-state index in [9.17, 15) is 13.2 Å². The maximum atomic E-state index is 14.0. The largest absolute Gasteiger partial charge is 0.353 e. The minimum atomic E-state index is -3.93. The molecule has 1 aromatic heterocycles. The van der Waals surface area contributed by atoms with E-state index in [1.165, 1.54) is 18.2 Å². The van der Waals surface area contributed by atoms with Gasteiger partial charge in [0.1, 0.15) is 0 Å². The third-order valence-electron chi connectivity index (χ3n) is 7.70. The molecule has 1 amide bonds. The van der Waals surface area contributed by atoms with E-state index in [4.69, 9.17) is 18.9 Å². The van der Waals surface area contributed by atoms with Gasteiger partial charge in [0.05, 0.1) is 22.7 Å². The van der Waals surface area contributed by atoms with E-state index in [1.54, 1.807) is 35.2 Å². The zero-order valence-electron chi connectivity index (χ0n) is 22.5. The highest BCUT2D eigenvalue weighted by Gasteiger charge is 2.44. The lowest BCUT2D eigenvalue weighted by molar-refractivity contribution is -0.228. The number of rotatable bonds is 10. The highest BCUT2D eigenvalue weighted by molar-refractivity contribution is 7.90. The van der Waals surface area contributed by atoms with Crippen LogP contribution >= 0.6 is 0 Å². The first-order valence-corrected chi connectivity index (χ1v) is 14.9. The van der Waals surface area contributed by atoms with Crippen LogP contribution < -0.4 is 0 Å². The number of hydrogen-bond acceptors (Lipinski definition) is 7. The first-order valence-electron chi connectivity index (χ1n) is 13.5. The summed E-state index contributed by atoms with van der Waals surface area (Å²) in [5.74, 6) is -1.50. The number of carbonyl (C=O) groups is 1. The molecule has 9 nitrogen and oxygen atoms in total. The first-order chi connectivity index (χ1) is 18.9. The fourth-order valence-electron chi connectivity index (χ4n) is 5.62. The van der Waals surface area contributed by atoms with Crippen molar-refractivity contribution in [2.45, 2.75) is 62.1 Å². The molecular weight excluding hydrogens is 520 g/mol. The Bertz CT molecular complexity index is 1390. The lowest BCUT2D eigenvalue weighted by Crippen LogP contribution is -2.56. The number of ether oxygens (including phenoxy) is 4. The number of likely N-dealkylation sites (tertiary alicyclic amines) is 1. The third kappa shape index (κ3) is 5.36. The van der Waals surface area contributed by atoms with E-state index >= 15 is 0 Å². The molecule has 3 heterocycles. The number of amides is 1. The van der Waals surface area contributed by atoms with Crippen molar-refractivity contribution in [1.82, 2.24) is 8.87 Å².